The van der Waals surface area contributed by atoms with E-state index in [4.69, 9.17) is 0 Å². The summed E-state index contributed by atoms with van der Waals surface area (Å²) < 4.78 is 0. The maximum Gasteiger partial charge on any atom is 0.0472 e. The van der Waals surface area contributed by atoms with Crippen LogP contribution in [0.1, 0.15) is 53.4 Å². The van der Waals surface area contributed by atoms with Gasteiger partial charge in [0.15, 0.2) is 0 Å². The fraction of sp³-hybridized carbons (Fsp3) is 0.833. The van der Waals surface area contributed by atoms with Crippen molar-refractivity contribution in [2.75, 3.05) is 0 Å². The van der Waals surface area contributed by atoms with Gasteiger partial charge in [0.05, 0.1) is 0 Å². The zero-order chi connectivity index (χ0) is 10.8. The molecule has 0 N–H and O–H groups in total. The molecule has 0 aliphatic rings. The van der Waals surface area contributed by atoms with Gasteiger partial charge in [-0.2, -0.15) is 0 Å². The summed E-state index contributed by atoms with van der Waals surface area (Å²) in [7, 11) is 0. The van der Waals surface area contributed by atoms with Gasteiger partial charge in [-0.1, -0.05) is 26.7 Å². The van der Waals surface area contributed by atoms with Crippen molar-refractivity contribution < 1.29 is 0 Å². The van der Waals surface area contributed by atoms with Gasteiger partial charge in [0, 0.05) is 24.5 Å². The van der Waals surface area contributed by atoms with Crippen molar-refractivity contribution in [2.24, 2.45) is 9.98 Å². The second kappa shape index (κ2) is 8.92. The normalized spacial score (nSPS) is 16.6. The minimum Gasteiger partial charge on any atom is -0.289 e. The quantitative estimate of drug-likeness (QED) is 0.557. The summed E-state index contributed by atoms with van der Waals surface area (Å²) >= 11 is 0. The first-order chi connectivity index (χ1) is 6.70. The van der Waals surface area contributed by atoms with E-state index in [1.807, 2.05) is 12.4 Å². The Balaban J connectivity index is 3.68. The summed E-state index contributed by atoms with van der Waals surface area (Å²) in [5, 5.41) is 0. The van der Waals surface area contributed by atoms with Gasteiger partial charge in [-0.3, -0.25) is 9.98 Å². The molecule has 0 fully saturated rings. The molecule has 0 aromatic rings. The third-order valence-electron chi connectivity index (χ3n) is 2.16. The topological polar surface area (TPSA) is 24.7 Å². The average molecular weight is 196 g/mol. The molecule has 2 heteroatoms. The van der Waals surface area contributed by atoms with Crippen LogP contribution in [0.25, 0.3) is 0 Å². The van der Waals surface area contributed by atoms with Crippen LogP contribution in [0.15, 0.2) is 9.98 Å². The molecule has 0 saturated carbocycles. The molecule has 2 nitrogen and oxygen atoms in total. The number of hydrogen-bond acceptors (Lipinski definition) is 2. The Kier molecular flexibility index (Phi) is 8.50. The molecular formula is C12H24N2. The summed E-state index contributed by atoms with van der Waals surface area (Å²) in [6.45, 7) is 8.65. The van der Waals surface area contributed by atoms with Crippen LogP contribution in [0.5, 0.6) is 0 Å². The first-order valence-corrected chi connectivity index (χ1v) is 5.75. The Bertz CT molecular complexity index is 153. The van der Waals surface area contributed by atoms with Crippen LogP contribution >= 0.6 is 0 Å². The van der Waals surface area contributed by atoms with E-state index in [0.717, 1.165) is 12.8 Å². The first-order valence-electron chi connectivity index (χ1n) is 5.75. The average Bonchev–Trinajstić information content (AvgIpc) is 2.13. The smallest absolute Gasteiger partial charge is 0.0472 e. The van der Waals surface area contributed by atoms with E-state index in [0.29, 0.717) is 12.1 Å². The molecule has 0 bridgehead atoms. The Labute approximate surface area is 88.5 Å². The maximum atomic E-state index is 4.37. The summed E-state index contributed by atoms with van der Waals surface area (Å²) in [6, 6.07) is 0.876. The Morgan fingerprint density at radius 1 is 0.857 bits per heavy atom. The highest BCUT2D eigenvalue weighted by molar-refractivity contribution is 6.16. The zero-order valence-electron chi connectivity index (χ0n) is 10.0. The van der Waals surface area contributed by atoms with Crippen molar-refractivity contribution in [1.29, 1.82) is 0 Å². The summed E-state index contributed by atoms with van der Waals surface area (Å²) in [5.74, 6) is 0. The van der Waals surface area contributed by atoms with Crippen LogP contribution in [-0.2, 0) is 0 Å². The third-order valence-corrected chi connectivity index (χ3v) is 2.16. The number of aliphatic imine (C=N–C) groups is 2. The van der Waals surface area contributed by atoms with Gasteiger partial charge in [0.1, 0.15) is 0 Å². The molecule has 0 aliphatic heterocycles. The highest BCUT2D eigenvalue weighted by Gasteiger charge is 1.94. The van der Waals surface area contributed by atoms with Gasteiger partial charge in [0.25, 0.3) is 0 Å². The zero-order valence-corrected chi connectivity index (χ0v) is 10.0. The molecule has 0 spiro atoms. The Hall–Kier alpha value is -0.660. The first kappa shape index (κ1) is 13.3. The molecule has 2 atom stereocenters. The van der Waals surface area contributed by atoms with E-state index in [-0.39, 0.29) is 0 Å². The van der Waals surface area contributed by atoms with Gasteiger partial charge >= 0.3 is 0 Å². The van der Waals surface area contributed by atoms with Gasteiger partial charge in [-0.05, 0) is 26.7 Å². The van der Waals surface area contributed by atoms with Crippen LogP contribution in [0.3, 0.4) is 0 Å². The molecule has 0 unspecified atom stereocenters. The van der Waals surface area contributed by atoms with E-state index in [1.165, 1.54) is 12.8 Å². The molecule has 0 aromatic carbocycles. The van der Waals surface area contributed by atoms with Crippen molar-refractivity contribution in [3.05, 3.63) is 0 Å². The molecular weight excluding hydrogens is 172 g/mol. The second-order valence-electron chi connectivity index (χ2n) is 3.87. The molecule has 82 valence electrons. The van der Waals surface area contributed by atoms with Gasteiger partial charge in [0.2, 0.25) is 0 Å². The van der Waals surface area contributed by atoms with Crippen LogP contribution < -0.4 is 0 Å². The SMILES string of the molecule is CCC[C@@H](C)N=CC=N[C@H](C)CCC. The molecule has 0 aromatic heterocycles. The fourth-order valence-corrected chi connectivity index (χ4v) is 1.36. The highest BCUT2D eigenvalue weighted by atomic mass is 14.8. The van der Waals surface area contributed by atoms with Gasteiger partial charge < -0.3 is 0 Å². The van der Waals surface area contributed by atoms with Crippen molar-refractivity contribution in [2.45, 2.75) is 65.5 Å². The fourth-order valence-electron chi connectivity index (χ4n) is 1.36. The van der Waals surface area contributed by atoms with Crippen molar-refractivity contribution in [3.8, 4) is 0 Å². The predicted octanol–water partition coefficient (Wildman–Crippen LogP) is 3.51. The molecule has 14 heavy (non-hydrogen) atoms. The van der Waals surface area contributed by atoms with E-state index in [1.54, 1.807) is 0 Å². The third kappa shape index (κ3) is 7.96. The monoisotopic (exact) mass is 196 g/mol. The van der Waals surface area contributed by atoms with E-state index >= 15 is 0 Å². The summed E-state index contributed by atoms with van der Waals surface area (Å²) in [5.41, 5.74) is 0. The minimum atomic E-state index is 0.438. The predicted molar refractivity (Wildman–Crippen MR) is 65.7 cm³/mol. The number of hydrogen-bond donors (Lipinski definition) is 0. The van der Waals surface area contributed by atoms with Crippen LogP contribution in [0.2, 0.25) is 0 Å². The summed E-state index contributed by atoms with van der Waals surface area (Å²) in [4.78, 5) is 8.74. The number of rotatable bonds is 7. The van der Waals surface area contributed by atoms with Crippen LogP contribution in [-0.4, -0.2) is 24.5 Å². The number of nitrogens with zero attached hydrogens (tertiary/aromatic N) is 2. The highest BCUT2D eigenvalue weighted by Crippen LogP contribution is 1.99. The van der Waals surface area contributed by atoms with Gasteiger partial charge in [-0.25, -0.2) is 0 Å². The van der Waals surface area contributed by atoms with E-state index < -0.39 is 0 Å². The standard InChI is InChI=1S/C12H24N2/c1-5-7-11(3)13-9-10-14-12(4)8-6-2/h9-12H,5-8H2,1-4H3/t11-,12-/m1/s1. The lowest BCUT2D eigenvalue weighted by Gasteiger charge is -2.02. The van der Waals surface area contributed by atoms with E-state index in [2.05, 4.69) is 37.7 Å². The molecule has 0 aliphatic carbocycles. The summed E-state index contributed by atoms with van der Waals surface area (Å²) in [6.07, 6.45) is 8.40. The molecule has 0 amide bonds. The maximum absolute atomic E-state index is 4.37. The van der Waals surface area contributed by atoms with Crippen molar-refractivity contribution in [3.63, 3.8) is 0 Å². The molecule has 0 saturated heterocycles. The van der Waals surface area contributed by atoms with Crippen LogP contribution in [0, 0.1) is 0 Å². The van der Waals surface area contributed by atoms with Gasteiger partial charge in [-0.15, -0.1) is 0 Å². The molecule has 0 rings (SSSR count). The minimum absolute atomic E-state index is 0.438. The van der Waals surface area contributed by atoms with Crippen LogP contribution in [0.4, 0.5) is 0 Å². The second-order valence-corrected chi connectivity index (χ2v) is 3.87. The lowest BCUT2D eigenvalue weighted by molar-refractivity contribution is 0.655. The van der Waals surface area contributed by atoms with Crippen molar-refractivity contribution in [1.82, 2.24) is 0 Å². The van der Waals surface area contributed by atoms with Crippen molar-refractivity contribution >= 4 is 12.4 Å². The largest absolute Gasteiger partial charge is 0.289 e. The lowest BCUT2D eigenvalue weighted by Crippen LogP contribution is -1.99. The lowest BCUT2D eigenvalue weighted by atomic mass is 10.2. The Morgan fingerprint density at radius 2 is 1.21 bits per heavy atom. The molecule has 0 radical (unpaired) electrons. The Morgan fingerprint density at radius 3 is 1.50 bits per heavy atom. The van der Waals surface area contributed by atoms with E-state index in [9.17, 15) is 0 Å². The molecule has 0 heterocycles.